The molecule has 12 nitrogen and oxygen atoms in total. The van der Waals surface area contributed by atoms with Gasteiger partial charge in [0.25, 0.3) is 11.8 Å². The number of nitrogens with zero attached hydrogens (tertiary/aromatic N) is 5. The smallest absolute Gasteiger partial charge is 0.262 e. The van der Waals surface area contributed by atoms with E-state index in [0.29, 0.717) is 12.0 Å². The minimum atomic E-state index is -0.980. The van der Waals surface area contributed by atoms with Gasteiger partial charge < -0.3 is 9.64 Å². The van der Waals surface area contributed by atoms with Gasteiger partial charge in [0.2, 0.25) is 11.8 Å². The first-order chi connectivity index (χ1) is 25.8. The molecule has 2 aromatic carbocycles. The van der Waals surface area contributed by atoms with Gasteiger partial charge in [0.1, 0.15) is 11.7 Å². The van der Waals surface area contributed by atoms with E-state index in [1.54, 1.807) is 24.5 Å². The Labute approximate surface area is 306 Å². The standard InChI is InChI=1S/C41H40N6O6/c48-36-10-5-25-20-26(4-7-31(25)36)34-23-46(44-38(34)24-12-16-42-17-13-24)28-2-1-3-30(21-28)53-29-14-18-45(19-15-29)27-6-8-32-33(22-27)41(52)47(40(32)51)35-9-11-37(49)43-39(35)50/h4,6-8,12-13,16-17,20,22-23,28-30,35H,1-3,5,9-11,14-15,18-19,21H2,(H,43,49,50)/t28-,30+,35?/m1/s1. The molecular formula is C41H40N6O6. The lowest BCUT2D eigenvalue weighted by molar-refractivity contribution is -0.136. The fourth-order valence-electron chi connectivity index (χ4n) is 8.80. The number of imide groups is 2. The van der Waals surface area contributed by atoms with Crippen molar-refractivity contribution in [1.29, 1.82) is 0 Å². The number of carbonyl (C=O) groups is 5. The summed E-state index contributed by atoms with van der Waals surface area (Å²) in [6.45, 7) is 1.51. The Kier molecular flexibility index (Phi) is 8.49. The van der Waals surface area contributed by atoms with Crippen molar-refractivity contribution in [3.8, 4) is 22.4 Å². The van der Waals surface area contributed by atoms with Crippen LogP contribution in [0.5, 0.6) is 0 Å². The minimum Gasteiger partial charge on any atom is -0.375 e. The van der Waals surface area contributed by atoms with Crippen LogP contribution in [0.15, 0.2) is 67.1 Å². The van der Waals surface area contributed by atoms with Crippen LogP contribution in [0.4, 0.5) is 5.69 Å². The van der Waals surface area contributed by atoms with E-state index in [1.165, 1.54) is 0 Å². The van der Waals surface area contributed by atoms with Crippen molar-refractivity contribution in [2.75, 3.05) is 18.0 Å². The molecule has 3 aliphatic heterocycles. The van der Waals surface area contributed by atoms with Gasteiger partial charge in [-0.1, -0.05) is 18.2 Å². The lowest BCUT2D eigenvalue weighted by atomic mass is 9.92. The fraction of sp³-hybridized carbons (Fsp3) is 0.390. The number of carbonyl (C=O) groups excluding carboxylic acids is 5. The highest BCUT2D eigenvalue weighted by atomic mass is 16.5. The lowest BCUT2D eigenvalue weighted by Gasteiger charge is -2.37. The predicted molar refractivity (Wildman–Crippen MR) is 194 cm³/mol. The molecule has 0 spiro atoms. The monoisotopic (exact) mass is 712 g/mol. The molecule has 2 aromatic heterocycles. The third kappa shape index (κ3) is 6.14. The normalized spacial score (nSPS) is 23.4. The summed E-state index contributed by atoms with van der Waals surface area (Å²) in [4.78, 5) is 70.4. The number of anilines is 1. The van der Waals surface area contributed by atoms with E-state index in [0.717, 1.165) is 102 Å². The summed E-state index contributed by atoms with van der Waals surface area (Å²) in [5, 5.41) is 7.41. The van der Waals surface area contributed by atoms with E-state index in [9.17, 15) is 24.0 Å². The second-order valence-electron chi connectivity index (χ2n) is 14.8. The van der Waals surface area contributed by atoms with E-state index in [4.69, 9.17) is 9.84 Å². The van der Waals surface area contributed by atoms with E-state index in [1.807, 2.05) is 30.3 Å². The number of ether oxygens (including phenoxy) is 1. The Hall–Kier alpha value is -5.49. The van der Waals surface area contributed by atoms with Crippen LogP contribution < -0.4 is 10.2 Å². The number of piperidine rings is 2. The zero-order chi connectivity index (χ0) is 36.2. The van der Waals surface area contributed by atoms with Crippen molar-refractivity contribution in [3.63, 3.8) is 0 Å². The highest BCUT2D eigenvalue weighted by molar-refractivity contribution is 6.23. The summed E-state index contributed by atoms with van der Waals surface area (Å²) in [6.07, 6.45) is 13.2. The van der Waals surface area contributed by atoms with Gasteiger partial charge in [0.15, 0.2) is 5.78 Å². The van der Waals surface area contributed by atoms with Crippen molar-refractivity contribution in [2.45, 2.75) is 88.5 Å². The number of pyridine rings is 1. The Morgan fingerprint density at radius 3 is 2.32 bits per heavy atom. The van der Waals surface area contributed by atoms with Crippen molar-refractivity contribution in [1.82, 2.24) is 25.0 Å². The van der Waals surface area contributed by atoms with Gasteiger partial charge in [-0.3, -0.25) is 43.9 Å². The summed E-state index contributed by atoms with van der Waals surface area (Å²) in [5.74, 6) is -1.78. The van der Waals surface area contributed by atoms with E-state index in [-0.39, 0.29) is 42.4 Å². The molecule has 5 heterocycles. The van der Waals surface area contributed by atoms with Gasteiger partial charge in [-0.2, -0.15) is 5.10 Å². The van der Waals surface area contributed by atoms with Gasteiger partial charge in [-0.25, -0.2) is 0 Å². The van der Waals surface area contributed by atoms with Gasteiger partial charge in [0, 0.05) is 66.9 Å². The van der Waals surface area contributed by atoms with Crippen LogP contribution in [0.2, 0.25) is 0 Å². The molecule has 4 aromatic rings. The number of hydrogen-bond acceptors (Lipinski definition) is 9. The third-order valence-corrected chi connectivity index (χ3v) is 11.6. The molecule has 3 fully saturated rings. The predicted octanol–water partition coefficient (Wildman–Crippen LogP) is 5.31. The maximum Gasteiger partial charge on any atom is 0.262 e. The van der Waals surface area contributed by atoms with Crippen LogP contribution in [0.3, 0.4) is 0 Å². The van der Waals surface area contributed by atoms with Crippen molar-refractivity contribution in [2.24, 2.45) is 0 Å². The quantitative estimate of drug-likeness (QED) is 0.252. The number of Topliss-reactive ketones (excluding diaryl/α,β-unsaturated/α-hetero) is 1. The number of nitrogens with one attached hydrogen (secondary N) is 1. The molecule has 5 aliphatic rings. The molecule has 3 atom stereocenters. The number of ketones is 1. The number of rotatable bonds is 7. The molecule has 1 N–H and O–H groups in total. The van der Waals surface area contributed by atoms with Crippen molar-refractivity contribution >= 4 is 35.1 Å². The second-order valence-corrected chi connectivity index (χ2v) is 14.8. The maximum absolute atomic E-state index is 13.4. The van der Waals surface area contributed by atoms with Gasteiger partial charge in [-0.15, -0.1) is 0 Å². The molecule has 53 heavy (non-hydrogen) atoms. The second kappa shape index (κ2) is 13.5. The first kappa shape index (κ1) is 33.4. The van der Waals surface area contributed by atoms with Crippen LogP contribution in [0.1, 0.15) is 100 Å². The number of aromatic nitrogens is 3. The van der Waals surface area contributed by atoms with E-state index >= 15 is 0 Å². The summed E-state index contributed by atoms with van der Waals surface area (Å²) in [6, 6.07) is 14.7. The van der Waals surface area contributed by atoms with Gasteiger partial charge >= 0.3 is 0 Å². The number of amides is 4. The summed E-state index contributed by atoms with van der Waals surface area (Å²) in [5.41, 5.74) is 7.42. The van der Waals surface area contributed by atoms with Crippen LogP contribution in [0.25, 0.3) is 22.4 Å². The van der Waals surface area contributed by atoms with Crippen LogP contribution in [-0.2, 0) is 20.7 Å². The molecule has 2 aliphatic carbocycles. The lowest BCUT2D eigenvalue weighted by Crippen LogP contribution is -2.54. The number of benzene rings is 2. The summed E-state index contributed by atoms with van der Waals surface area (Å²) < 4.78 is 8.89. The largest absolute Gasteiger partial charge is 0.375 e. The molecule has 0 bridgehead atoms. The Balaban J connectivity index is 0.855. The molecule has 9 rings (SSSR count). The Morgan fingerprint density at radius 2 is 1.51 bits per heavy atom. The molecule has 12 heteroatoms. The van der Waals surface area contributed by atoms with Crippen LogP contribution >= 0.6 is 0 Å². The molecule has 4 amide bonds. The number of aryl methyl sites for hydroxylation is 1. The molecule has 1 saturated carbocycles. The van der Waals surface area contributed by atoms with E-state index in [2.05, 4.69) is 32.1 Å². The molecule has 0 radical (unpaired) electrons. The summed E-state index contributed by atoms with van der Waals surface area (Å²) in [7, 11) is 0. The van der Waals surface area contributed by atoms with E-state index < -0.39 is 29.7 Å². The van der Waals surface area contributed by atoms with Gasteiger partial charge in [-0.05, 0) is 92.8 Å². The summed E-state index contributed by atoms with van der Waals surface area (Å²) >= 11 is 0. The maximum atomic E-state index is 13.4. The first-order valence-corrected chi connectivity index (χ1v) is 18.7. The number of hydrogen-bond donors (Lipinski definition) is 1. The highest BCUT2D eigenvalue weighted by Crippen LogP contribution is 2.39. The van der Waals surface area contributed by atoms with Crippen molar-refractivity contribution < 1.29 is 28.7 Å². The fourth-order valence-corrected chi connectivity index (χ4v) is 8.80. The van der Waals surface area contributed by atoms with Crippen LogP contribution in [-0.4, -0.2) is 80.4 Å². The Morgan fingerprint density at radius 1 is 0.717 bits per heavy atom. The first-order valence-electron chi connectivity index (χ1n) is 18.7. The highest BCUT2D eigenvalue weighted by Gasteiger charge is 2.45. The zero-order valence-electron chi connectivity index (χ0n) is 29.3. The Bertz CT molecular complexity index is 2150. The number of fused-ring (bicyclic) bond motifs is 2. The zero-order valence-corrected chi connectivity index (χ0v) is 29.3. The van der Waals surface area contributed by atoms with Crippen molar-refractivity contribution in [3.05, 3.63) is 89.4 Å². The van der Waals surface area contributed by atoms with Gasteiger partial charge in [0.05, 0.1) is 29.4 Å². The SMILES string of the molecule is O=C1CCC(N2C(=O)c3ccc(N4CCC(O[C@H]5CCC[C@@H](n6cc(-c7ccc8c(c7)CCC8=O)c(-c7ccncc7)n6)C5)CC4)cc3C2=O)C(=O)N1. The average molecular weight is 713 g/mol. The minimum absolute atomic E-state index is 0.0888. The molecular weight excluding hydrogens is 672 g/mol. The van der Waals surface area contributed by atoms with Crippen LogP contribution in [0, 0.1) is 0 Å². The molecule has 2 saturated heterocycles. The molecule has 270 valence electrons. The average Bonchev–Trinajstić information content (AvgIpc) is 3.86. The third-order valence-electron chi connectivity index (χ3n) is 11.6. The molecule has 1 unspecified atom stereocenters. The topological polar surface area (TPSA) is 144 Å².